The molecule has 0 saturated heterocycles. The van der Waals surface area contributed by atoms with E-state index in [1.807, 2.05) is 60.7 Å². The van der Waals surface area contributed by atoms with Crippen LogP contribution in [0.25, 0.3) is 0 Å². The molecule has 0 fully saturated rings. The SMILES string of the molecule is OBOc1cccc(N(c2ccccc2)c2ccccc2)c1. The number of benzene rings is 3. The summed E-state index contributed by atoms with van der Waals surface area (Å²) in [5, 5.41) is 8.95. The van der Waals surface area contributed by atoms with Gasteiger partial charge in [-0.25, -0.2) is 0 Å². The molecule has 0 aromatic heterocycles. The van der Waals surface area contributed by atoms with Gasteiger partial charge in [0.05, 0.1) is 0 Å². The molecule has 0 bridgehead atoms. The highest BCUT2D eigenvalue weighted by atomic mass is 16.5. The summed E-state index contributed by atoms with van der Waals surface area (Å²) in [4.78, 5) is 2.14. The van der Waals surface area contributed by atoms with Crippen molar-refractivity contribution in [2.45, 2.75) is 0 Å². The zero-order valence-electron chi connectivity index (χ0n) is 12.1. The van der Waals surface area contributed by atoms with Crippen LogP contribution in [0.1, 0.15) is 0 Å². The Labute approximate surface area is 130 Å². The molecule has 0 aliphatic rings. The van der Waals surface area contributed by atoms with Crippen LogP contribution in [-0.2, 0) is 0 Å². The van der Waals surface area contributed by atoms with E-state index < -0.39 is 0 Å². The molecule has 0 aliphatic carbocycles. The molecular weight excluding hydrogens is 273 g/mol. The van der Waals surface area contributed by atoms with Crippen molar-refractivity contribution in [1.29, 1.82) is 0 Å². The van der Waals surface area contributed by atoms with Gasteiger partial charge >= 0.3 is 7.69 Å². The Morgan fingerprint density at radius 2 is 1.23 bits per heavy atom. The summed E-state index contributed by atoms with van der Waals surface area (Å²) >= 11 is 0. The molecule has 3 rings (SSSR count). The van der Waals surface area contributed by atoms with Gasteiger partial charge in [0, 0.05) is 23.1 Å². The van der Waals surface area contributed by atoms with E-state index in [-0.39, 0.29) is 7.69 Å². The minimum absolute atomic E-state index is 0.333. The second kappa shape index (κ2) is 6.83. The zero-order valence-corrected chi connectivity index (χ0v) is 12.1. The molecule has 1 N–H and O–H groups in total. The first-order valence-corrected chi connectivity index (χ1v) is 7.12. The first kappa shape index (κ1) is 14.2. The minimum atomic E-state index is -0.333. The summed E-state index contributed by atoms with van der Waals surface area (Å²) < 4.78 is 5.20. The van der Waals surface area contributed by atoms with E-state index >= 15 is 0 Å². The predicted octanol–water partition coefficient (Wildman–Crippen LogP) is 3.79. The van der Waals surface area contributed by atoms with Crippen molar-refractivity contribution in [2.24, 2.45) is 0 Å². The Bertz CT molecular complexity index is 680. The smallest absolute Gasteiger partial charge is 0.504 e. The van der Waals surface area contributed by atoms with Crippen molar-refractivity contribution in [3.63, 3.8) is 0 Å². The second-order valence-electron chi connectivity index (χ2n) is 4.78. The van der Waals surface area contributed by atoms with Crippen molar-refractivity contribution < 1.29 is 9.68 Å². The van der Waals surface area contributed by atoms with Gasteiger partial charge in [0.1, 0.15) is 5.75 Å². The van der Waals surface area contributed by atoms with Gasteiger partial charge in [-0.3, -0.25) is 0 Å². The van der Waals surface area contributed by atoms with Crippen LogP contribution < -0.4 is 9.55 Å². The highest BCUT2D eigenvalue weighted by molar-refractivity contribution is 6.17. The van der Waals surface area contributed by atoms with E-state index in [1.165, 1.54) is 0 Å². The molecule has 0 saturated carbocycles. The van der Waals surface area contributed by atoms with Gasteiger partial charge in [-0.05, 0) is 36.4 Å². The van der Waals surface area contributed by atoms with E-state index in [4.69, 9.17) is 9.68 Å². The first-order chi connectivity index (χ1) is 10.9. The standard InChI is InChI=1S/C18H16BNO2/c21-19-22-18-13-7-12-17(14-18)20(15-8-3-1-4-9-15)16-10-5-2-6-11-16/h1-14,19,21H. The molecule has 22 heavy (non-hydrogen) atoms. The molecule has 0 radical (unpaired) electrons. The predicted molar refractivity (Wildman–Crippen MR) is 91.1 cm³/mol. The number of rotatable bonds is 5. The van der Waals surface area contributed by atoms with Gasteiger partial charge in [0.15, 0.2) is 0 Å². The fraction of sp³-hybridized carbons (Fsp3) is 0. The van der Waals surface area contributed by atoms with Crippen LogP contribution in [-0.4, -0.2) is 12.7 Å². The lowest BCUT2D eigenvalue weighted by molar-refractivity contribution is 0.454. The third-order valence-corrected chi connectivity index (χ3v) is 3.34. The third-order valence-electron chi connectivity index (χ3n) is 3.34. The summed E-state index contributed by atoms with van der Waals surface area (Å²) in [6.07, 6.45) is 0. The average Bonchev–Trinajstić information content (AvgIpc) is 2.58. The Kier molecular flexibility index (Phi) is 4.42. The maximum atomic E-state index is 8.95. The number of para-hydroxylation sites is 2. The van der Waals surface area contributed by atoms with Crippen molar-refractivity contribution in [2.75, 3.05) is 4.90 Å². The van der Waals surface area contributed by atoms with Gasteiger partial charge in [0.2, 0.25) is 0 Å². The summed E-state index contributed by atoms with van der Waals surface area (Å²) in [5.41, 5.74) is 3.10. The molecule has 3 aromatic rings. The van der Waals surface area contributed by atoms with Crippen molar-refractivity contribution in [3.05, 3.63) is 84.9 Å². The van der Waals surface area contributed by atoms with Gasteiger partial charge in [-0.1, -0.05) is 42.5 Å². The second-order valence-corrected chi connectivity index (χ2v) is 4.78. The maximum absolute atomic E-state index is 8.95. The highest BCUT2D eigenvalue weighted by Crippen LogP contribution is 2.35. The molecule has 3 nitrogen and oxygen atoms in total. The van der Waals surface area contributed by atoms with Crippen molar-refractivity contribution in [1.82, 2.24) is 0 Å². The fourth-order valence-electron chi connectivity index (χ4n) is 2.39. The van der Waals surface area contributed by atoms with Crippen LogP contribution in [0.15, 0.2) is 84.9 Å². The number of anilines is 3. The fourth-order valence-corrected chi connectivity index (χ4v) is 2.39. The van der Waals surface area contributed by atoms with Gasteiger partial charge in [-0.15, -0.1) is 0 Å². The quantitative estimate of drug-likeness (QED) is 0.725. The lowest BCUT2D eigenvalue weighted by Gasteiger charge is -2.25. The van der Waals surface area contributed by atoms with Crippen LogP contribution in [0.4, 0.5) is 17.1 Å². The lowest BCUT2D eigenvalue weighted by Crippen LogP contribution is -2.10. The number of hydrogen-bond donors (Lipinski definition) is 1. The molecule has 0 atom stereocenters. The Balaban J connectivity index is 2.08. The summed E-state index contributed by atoms with van der Waals surface area (Å²) in [7, 11) is -0.333. The van der Waals surface area contributed by atoms with Gasteiger partial charge in [0.25, 0.3) is 0 Å². The van der Waals surface area contributed by atoms with E-state index in [0.717, 1.165) is 17.1 Å². The molecular formula is C18H16BNO2. The van der Waals surface area contributed by atoms with Crippen LogP contribution in [0, 0.1) is 0 Å². The minimum Gasteiger partial charge on any atom is -0.539 e. The van der Waals surface area contributed by atoms with E-state index in [9.17, 15) is 0 Å². The van der Waals surface area contributed by atoms with Crippen LogP contribution in [0.5, 0.6) is 5.75 Å². The Morgan fingerprint density at radius 3 is 1.77 bits per heavy atom. The molecule has 0 heterocycles. The Morgan fingerprint density at radius 1 is 0.682 bits per heavy atom. The number of hydrogen-bond acceptors (Lipinski definition) is 3. The van der Waals surface area contributed by atoms with Crippen LogP contribution >= 0.6 is 0 Å². The topological polar surface area (TPSA) is 32.7 Å². The van der Waals surface area contributed by atoms with E-state index in [0.29, 0.717) is 5.75 Å². The third kappa shape index (κ3) is 3.13. The first-order valence-electron chi connectivity index (χ1n) is 7.12. The number of nitrogens with zero attached hydrogens (tertiary/aromatic N) is 1. The molecule has 0 aliphatic heterocycles. The van der Waals surface area contributed by atoms with Crippen LogP contribution in [0.2, 0.25) is 0 Å². The summed E-state index contributed by atoms with van der Waals surface area (Å²) in [5.74, 6) is 0.636. The summed E-state index contributed by atoms with van der Waals surface area (Å²) in [6.45, 7) is 0. The van der Waals surface area contributed by atoms with E-state index in [1.54, 1.807) is 0 Å². The molecule has 108 valence electrons. The maximum Gasteiger partial charge on any atom is 0.504 e. The molecule has 0 spiro atoms. The van der Waals surface area contributed by atoms with Crippen LogP contribution in [0.3, 0.4) is 0 Å². The monoisotopic (exact) mass is 289 g/mol. The highest BCUT2D eigenvalue weighted by Gasteiger charge is 2.12. The normalized spacial score (nSPS) is 10.0. The van der Waals surface area contributed by atoms with E-state index in [2.05, 4.69) is 29.2 Å². The Hall–Kier alpha value is -2.72. The molecule has 4 heteroatoms. The van der Waals surface area contributed by atoms with Gasteiger partial charge in [-0.2, -0.15) is 0 Å². The zero-order chi connectivity index (χ0) is 15.2. The largest absolute Gasteiger partial charge is 0.539 e. The summed E-state index contributed by atoms with van der Waals surface area (Å²) in [6, 6.07) is 28.0. The molecule has 3 aromatic carbocycles. The average molecular weight is 289 g/mol. The van der Waals surface area contributed by atoms with Crippen molar-refractivity contribution in [3.8, 4) is 5.75 Å². The van der Waals surface area contributed by atoms with Crippen molar-refractivity contribution >= 4 is 24.7 Å². The molecule has 0 amide bonds. The molecule has 0 unspecified atom stereocenters. The lowest BCUT2D eigenvalue weighted by atomic mass is 10.2. The van der Waals surface area contributed by atoms with Gasteiger partial charge < -0.3 is 14.6 Å².